The number of amides is 1. The molecule has 2 rings (SSSR count). The minimum atomic E-state index is 0. The van der Waals surface area contributed by atoms with E-state index in [0.717, 1.165) is 30.8 Å². The van der Waals surface area contributed by atoms with E-state index in [0.29, 0.717) is 12.5 Å². The maximum absolute atomic E-state index is 12.6. The Morgan fingerprint density at radius 2 is 2.16 bits per heavy atom. The maximum Gasteiger partial charge on any atom is 0.270 e. The summed E-state index contributed by atoms with van der Waals surface area (Å²) in [6, 6.07) is 4.07. The predicted octanol–water partition coefficient (Wildman–Crippen LogP) is 1.95. The van der Waals surface area contributed by atoms with Gasteiger partial charge in [-0.15, -0.1) is 12.4 Å². The standard InChI is InChI=1S/C14H23N3O.ClH/c1-10-5-4-8-17(13(10)9-15)14(18)12-7-6-11(2)16(12)3;/h6-7,10,13H,4-5,8-9,15H2,1-3H3;1H. The molecule has 5 heteroatoms. The second kappa shape index (κ2) is 6.44. The van der Waals surface area contributed by atoms with Crippen LogP contribution in [0.3, 0.4) is 0 Å². The smallest absolute Gasteiger partial charge is 0.270 e. The van der Waals surface area contributed by atoms with Gasteiger partial charge in [0.25, 0.3) is 5.91 Å². The van der Waals surface area contributed by atoms with Crippen LogP contribution in [0.25, 0.3) is 0 Å². The molecule has 19 heavy (non-hydrogen) atoms. The average molecular weight is 286 g/mol. The fourth-order valence-electron chi connectivity index (χ4n) is 2.84. The van der Waals surface area contributed by atoms with Crippen LogP contribution in [0.2, 0.25) is 0 Å². The predicted molar refractivity (Wildman–Crippen MR) is 79.7 cm³/mol. The number of carbonyl (C=O) groups is 1. The van der Waals surface area contributed by atoms with Crippen LogP contribution >= 0.6 is 12.4 Å². The molecule has 1 aliphatic rings. The van der Waals surface area contributed by atoms with Crippen LogP contribution in [-0.2, 0) is 7.05 Å². The first-order chi connectivity index (χ1) is 8.56. The second-order valence-corrected chi connectivity index (χ2v) is 5.34. The van der Waals surface area contributed by atoms with Crippen molar-refractivity contribution in [3.8, 4) is 0 Å². The molecule has 1 aromatic rings. The van der Waals surface area contributed by atoms with Crippen LogP contribution < -0.4 is 5.73 Å². The molecule has 0 spiro atoms. The number of rotatable bonds is 2. The first kappa shape index (κ1) is 16.1. The molecule has 1 fully saturated rings. The zero-order valence-electron chi connectivity index (χ0n) is 11.9. The fourth-order valence-corrected chi connectivity index (χ4v) is 2.84. The normalized spacial score (nSPS) is 23.1. The van der Waals surface area contributed by atoms with Crippen molar-refractivity contribution in [1.82, 2.24) is 9.47 Å². The molecule has 2 N–H and O–H groups in total. The summed E-state index contributed by atoms with van der Waals surface area (Å²) in [7, 11) is 1.94. The molecule has 4 nitrogen and oxygen atoms in total. The van der Waals surface area contributed by atoms with Crippen molar-refractivity contribution in [2.45, 2.75) is 32.7 Å². The average Bonchev–Trinajstić information content (AvgIpc) is 2.69. The van der Waals surface area contributed by atoms with Crippen LogP contribution in [-0.4, -0.2) is 34.5 Å². The number of hydrogen-bond acceptors (Lipinski definition) is 2. The van der Waals surface area contributed by atoms with Crippen molar-refractivity contribution in [2.75, 3.05) is 13.1 Å². The number of piperidine rings is 1. The third-order valence-electron chi connectivity index (χ3n) is 4.21. The van der Waals surface area contributed by atoms with Crippen molar-refractivity contribution in [3.05, 3.63) is 23.5 Å². The summed E-state index contributed by atoms with van der Waals surface area (Å²) in [5.41, 5.74) is 7.71. The van der Waals surface area contributed by atoms with Crippen LogP contribution in [0.5, 0.6) is 0 Å². The van der Waals surface area contributed by atoms with Gasteiger partial charge in [0.15, 0.2) is 0 Å². The van der Waals surface area contributed by atoms with E-state index in [1.807, 2.05) is 35.6 Å². The molecular weight excluding hydrogens is 262 g/mol. The minimum absolute atomic E-state index is 0. The number of halogens is 1. The van der Waals surface area contributed by atoms with Crippen LogP contribution in [0.4, 0.5) is 0 Å². The number of aryl methyl sites for hydroxylation is 1. The Hall–Kier alpha value is -1.00. The zero-order chi connectivity index (χ0) is 13.3. The Balaban J connectivity index is 0.00000180. The van der Waals surface area contributed by atoms with Crippen molar-refractivity contribution < 1.29 is 4.79 Å². The van der Waals surface area contributed by atoms with Gasteiger partial charge in [-0.3, -0.25) is 4.79 Å². The monoisotopic (exact) mass is 285 g/mol. The van der Waals surface area contributed by atoms with Gasteiger partial charge in [0.05, 0.1) is 0 Å². The first-order valence-corrected chi connectivity index (χ1v) is 6.69. The third-order valence-corrected chi connectivity index (χ3v) is 4.21. The van der Waals surface area contributed by atoms with E-state index in [9.17, 15) is 4.79 Å². The SMILES string of the molecule is Cc1ccc(C(=O)N2CCCC(C)C2CN)n1C.Cl. The van der Waals surface area contributed by atoms with Gasteiger partial charge >= 0.3 is 0 Å². The highest BCUT2D eigenvalue weighted by atomic mass is 35.5. The number of carbonyl (C=O) groups excluding carboxylic acids is 1. The molecule has 2 heterocycles. The fraction of sp³-hybridized carbons (Fsp3) is 0.643. The molecule has 1 amide bonds. The van der Waals surface area contributed by atoms with E-state index in [4.69, 9.17) is 5.73 Å². The van der Waals surface area contributed by atoms with Gasteiger partial charge in [-0.1, -0.05) is 6.92 Å². The van der Waals surface area contributed by atoms with E-state index in [2.05, 4.69) is 6.92 Å². The molecule has 2 unspecified atom stereocenters. The highest BCUT2D eigenvalue weighted by molar-refractivity contribution is 5.93. The lowest BCUT2D eigenvalue weighted by atomic mass is 9.90. The molecule has 1 saturated heterocycles. The molecule has 0 aliphatic carbocycles. The van der Waals surface area contributed by atoms with E-state index < -0.39 is 0 Å². The van der Waals surface area contributed by atoms with Crippen molar-refractivity contribution in [2.24, 2.45) is 18.7 Å². The summed E-state index contributed by atoms with van der Waals surface area (Å²) in [6.07, 6.45) is 2.24. The lowest BCUT2D eigenvalue weighted by molar-refractivity contribution is 0.0522. The van der Waals surface area contributed by atoms with E-state index >= 15 is 0 Å². The van der Waals surface area contributed by atoms with Gasteiger partial charge in [0, 0.05) is 31.9 Å². The van der Waals surface area contributed by atoms with Gasteiger partial charge in [-0.25, -0.2) is 0 Å². The second-order valence-electron chi connectivity index (χ2n) is 5.34. The summed E-state index contributed by atoms with van der Waals surface area (Å²) >= 11 is 0. The topological polar surface area (TPSA) is 51.3 Å². The minimum Gasteiger partial charge on any atom is -0.344 e. The molecule has 108 valence electrons. The zero-order valence-corrected chi connectivity index (χ0v) is 12.7. The van der Waals surface area contributed by atoms with Crippen molar-refractivity contribution in [3.63, 3.8) is 0 Å². The first-order valence-electron chi connectivity index (χ1n) is 6.69. The molecular formula is C14H24ClN3O. The van der Waals surface area contributed by atoms with Gasteiger partial charge in [0.2, 0.25) is 0 Å². The number of nitrogens with two attached hydrogens (primary N) is 1. The molecule has 1 aliphatic heterocycles. The maximum atomic E-state index is 12.6. The summed E-state index contributed by atoms with van der Waals surface area (Å²) < 4.78 is 1.95. The Bertz CT molecular complexity index is 444. The van der Waals surface area contributed by atoms with Crippen LogP contribution in [0, 0.1) is 12.8 Å². The lowest BCUT2D eigenvalue weighted by Crippen LogP contribution is -2.51. The van der Waals surface area contributed by atoms with E-state index in [1.165, 1.54) is 0 Å². The number of aromatic nitrogens is 1. The quantitative estimate of drug-likeness (QED) is 0.903. The van der Waals surface area contributed by atoms with Crippen LogP contribution in [0.1, 0.15) is 35.9 Å². The molecule has 1 aromatic heterocycles. The summed E-state index contributed by atoms with van der Waals surface area (Å²) in [5, 5.41) is 0. The van der Waals surface area contributed by atoms with Gasteiger partial charge in [0.1, 0.15) is 5.69 Å². The Labute approximate surface area is 121 Å². The van der Waals surface area contributed by atoms with Crippen molar-refractivity contribution >= 4 is 18.3 Å². The highest BCUT2D eigenvalue weighted by Crippen LogP contribution is 2.24. The number of hydrogen-bond donors (Lipinski definition) is 1. The molecule has 0 saturated carbocycles. The Morgan fingerprint density at radius 3 is 2.68 bits per heavy atom. The van der Waals surface area contributed by atoms with E-state index in [-0.39, 0.29) is 24.4 Å². The highest BCUT2D eigenvalue weighted by Gasteiger charge is 2.32. The summed E-state index contributed by atoms with van der Waals surface area (Å²) in [4.78, 5) is 14.6. The third kappa shape index (κ3) is 2.95. The lowest BCUT2D eigenvalue weighted by Gasteiger charge is -2.39. The van der Waals surface area contributed by atoms with Gasteiger partial charge in [-0.05, 0) is 37.8 Å². The molecule has 2 atom stereocenters. The molecule has 0 aromatic carbocycles. The molecule has 0 radical (unpaired) electrons. The van der Waals surface area contributed by atoms with Gasteiger partial charge < -0.3 is 15.2 Å². The number of likely N-dealkylation sites (tertiary alicyclic amines) is 1. The Kier molecular flexibility index (Phi) is 5.44. The largest absolute Gasteiger partial charge is 0.344 e. The molecule has 0 bridgehead atoms. The number of nitrogens with zero attached hydrogens (tertiary/aromatic N) is 2. The summed E-state index contributed by atoms with van der Waals surface area (Å²) in [6.45, 7) is 5.58. The van der Waals surface area contributed by atoms with E-state index in [1.54, 1.807) is 0 Å². The van der Waals surface area contributed by atoms with Crippen LogP contribution in [0.15, 0.2) is 12.1 Å². The van der Waals surface area contributed by atoms with Crippen molar-refractivity contribution in [1.29, 1.82) is 0 Å². The Morgan fingerprint density at radius 1 is 1.47 bits per heavy atom. The summed E-state index contributed by atoms with van der Waals surface area (Å²) in [5.74, 6) is 0.613. The van der Waals surface area contributed by atoms with Gasteiger partial charge in [-0.2, -0.15) is 0 Å².